The molecule has 0 spiro atoms. The van der Waals surface area contributed by atoms with E-state index in [9.17, 15) is 14.7 Å². The topological polar surface area (TPSA) is 79.7 Å². The predicted molar refractivity (Wildman–Crippen MR) is 111 cm³/mol. The van der Waals surface area contributed by atoms with Crippen molar-refractivity contribution in [3.63, 3.8) is 0 Å². The van der Waals surface area contributed by atoms with Crippen molar-refractivity contribution in [3.8, 4) is 5.75 Å². The number of carbonyl (C=O) groups is 2. The Hall–Kier alpha value is -2.86. The van der Waals surface area contributed by atoms with Crippen molar-refractivity contribution < 1.29 is 19.4 Å². The van der Waals surface area contributed by atoms with E-state index in [4.69, 9.17) is 16.3 Å². The van der Waals surface area contributed by atoms with Gasteiger partial charge in [0.05, 0.1) is 23.7 Å². The highest BCUT2D eigenvalue weighted by Gasteiger charge is 2.45. The zero-order valence-electron chi connectivity index (χ0n) is 16.4. The molecule has 0 radical (unpaired) electrons. The maximum absolute atomic E-state index is 12.9. The van der Waals surface area contributed by atoms with Gasteiger partial charge in [-0.25, -0.2) is 0 Å². The SMILES string of the molecule is CCCCCN1C(=O)C(=O)/C(=C(/O)c2cc(OC)ccc2Cl)C1c1ccncc1. The van der Waals surface area contributed by atoms with Crippen LogP contribution in [-0.4, -0.2) is 40.3 Å². The first-order chi connectivity index (χ1) is 14.0. The summed E-state index contributed by atoms with van der Waals surface area (Å²) in [5, 5.41) is 11.3. The van der Waals surface area contributed by atoms with Crippen LogP contribution in [0.5, 0.6) is 5.75 Å². The molecule has 1 saturated heterocycles. The first-order valence-electron chi connectivity index (χ1n) is 9.51. The summed E-state index contributed by atoms with van der Waals surface area (Å²) in [5.74, 6) is -1.18. The quantitative estimate of drug-likeness (QED) is 0.315. The number of nitrogens with zero attached hydrogens (tertiary/aromatic N) is 2. The number of carbonyl (C=O) groups excluding carboxylic acids is 2. The third-order valence-electron chi connectivity index (χ3n) is 4.99. The monoisotopic (exact) mass is 414 g/mol. The van der Waals surface area contributed by atoms with E-state index in [1.165, 1.54) is 12.0 Å². The number of Topliss-reactive ketones (excluding diaryl/α,β-unsaturated/α-hetero) is 1. The number of benzene rings is 1. The summed E-state index contributed by atoms with van der Waals surface area (Å²) < 4.78 is 5.21. The lowest BCUT2D eigenvalue weighted by Crippen LogP contribution is -2.30. The van der Waals surface area contributed by atoms with Crippen molar-refractivity contribution >= 4 is 29.1 Å². The summed E-state index contributed by atoms with van der Waals surface area (Å²) in [4.78, 5) is 31.2. The van der Waals surface area contributed by atoms with E-state index in [1.807, 2.05) is 0 Å². The third-order valence-corrected chi connectivity index (χ3v) is 5.32. The minimum Gasteiger partial charge on any atom is -0.507 e. The molecule has 1 fully saturated rings. The van der Waals surface area contributed by atoms with Gasteiger partial charge in [-0.2, -0.15) is 0 Å². The molecule has 0 aliphatic carbocycles. The number of unbranched alkanes of at least 4 members (excludes halogenated alkanes) is 2. The number of hydrogen-bond donors (Lipinski definition) is 1. The molecule has 1 N–H and O–H groups in total. The zero-order valence-corrected chi connectivity index (χ0v) is 17.1. The average Bonchev–Trinajstić information content (AvgIpc) is 2.99. The van der Waals surface area contributed by atoms with Gasteiger partial charge < -0.3 is 14.7 Å². The standard InChI is InChI=1S/C22H23ClN2O4/c1-3-4-5-12-25-19(14-8-10-24-11-9-14)18(21(27)22(25)28)20(26)16-13-15(29-2)6-7-17(16)23/h6-11,13,19,26H,3-5,12H2,1-2H3/b20-18+. The van der Waals surface area contributed by atoms with E-state index in [0.717, 1.165) is 19.3 Å². The van der Waals surface area contributed by atoms with Gasteiger partial charge in [-0.05, 0) is 42.3 Å². The minimum atomic E-state index is -0.723. The molecule has 1 atom stereocenters. The van der Waals surface area contributed by atoms with Crippen LogP contribution < -0.4 is 4.74 Å². The molecule has 1 amide bonds. The van der Waals surface area contributed by atoms with Crippen LogP contribution in [0.25, 0.3) is 5.76 Å². The van der Waals surface area contributed by atoms with Crippen LogP contribution in [0.15, 0.2) is 48.3 Å². The molecular formula is C22H23ClN2O4. The molecule has 29 heavy (non-hydrogen) atoms. The molecule has 1 aliphatic rings. The lowest BCUT2D eigenvalue weighted by atomic mass is 9.95. The molecule has 6 nitrogen and oxygen atoms in total. The third kappa shape index (κ3) is 4.12. The number of ether oxygens (including phenoxy) is 1. The van der Waals surface area contributed by atoms with Gasteiger partial charge in [-0.1, -0.05) is 31.4 Å². The van der Waals surface area contributed by atoms with Crippen molar-refractivity contribution in [2.24, 2.45) is 0 Å². The molecule has 2 heterocycles. The number of hydrogen-bond acceptors (Lipinski definition) is 5. The number of aliphatic hydroxyl groups is 1. The van der Waals surface area contributed by atoms with Gasteiger partial charge in [0.1, 0.15) is 11.5 Å². The minimum absolute atomic E-state index is 0.0212. The van der Waals surface area contributed by atoms with Crippen LogP contribution >= 0.6 is 11.6 Å². The summed E-state index contributed by atoms with van der Waals surface area (Å²) in [7, 11) is 1.50. The second kappa shape index (κ2) is 9.09. The molecule has 2 aromatic rings. The second-order valence-electron chi connectivity index (χ2n) is 6.83. The van der Waals surface area contributed by atoms with E-state index in [2.05, 4.69) is 11.9 Å². The summed E-state index contributed by atoms with van der Waals surface area (Å²) >= 11 is 6.27. The maximum Gasteiger partial charge on any atom is 0.295 e. The zero-order chi connectivity index (χ0) is 21.0. The number of ketones is 1. The fourth-order valence-corrected chi connectivity index (χ4v) is 3.70. The number of halogens is 1. The Morgan fingerprint density at radius 3 is 2.59 bits per heavy atom. The molecule has 3 rings (SSSR count). The highest BCUT2D eigenvalue weighted by Crippen LogP contribution is 2.41. The number of rotatable bonds is 7. The van der Waals surface area contributed by atoms with Crippen molar-refractivity contribution in [1.29, 1.82) is 0 Å². The van der Waals surface area contributed by atoms with Gasteiger partial charge in [-0.3, -0.25) is 14.6 Å². The summed E-state index contributed by atoms with van der Waals surface area (Å²) in [6.45, 7) is 2.49. The molecule has 1 unspecified atom stereocenters. The number of aliphatic hydroxyl groups excluding tert-OH is 1. The Balaban J connectivity index is 2.15. The van der Waals surface area contributed by atoms with Crippen LogP contribution in [0.2, 0.25) is 5.02 Å². The van der Waals surface area contributed by atoms with E-state index in [0.29, 0.717) is 17.9 Å². The molecule has 0 bridgehead atoms. The van der Waals surface area contributed by atoms with E-state index in [-0.39, 0.29) is 21.9 Å². The first-order valence-corrected chi connectivity index (χ1v) is 9.89. The van der Waals surface area contributed by atoms with E-state index in [1.54, 1.807) is 42.7 Å². The molecule has 1 aromatic heterocycles. The number of methoxy groups -OCH3 is 1. The van der Waals surface area contributed by atoms with Crippen LogP contribution in [0.3, 0.4) is 0 Å². The van der Waals surface area contributed by atoms with Crippen LogP contribution in [0, 0.1) is 0 Å². The Morgan fingerprint density at radius 2 is 1.93 bits per heavy atom. The summed E-state index contributed by atoms with van der Waals surface area (Å²) in [6.07, 6.45) is 5.89. The number of likely N-dealkylation sites (tertiary alicyclic amines) is 1. The summed E-state index contributed by atoms with van der Waals surface area (Å²) in [5.41, 5.74) is 0.973. The number of amides is 1. The van der Waals surface area contributed by atoms with Gasteiger partial charge in [-0.15, -0.1) is 0 Å². The molecule has 1 aromatic carbocycles. The normalized spacial score (nSPS) is 18.3. The molecule has 152 valence electrons. The molecule has 1 aliphatic heterocycles. The van der Waals surface area contributed by atoms with E-state index < -0.39 is 17.7 Å². The van der Waals surface area contributed by atoms with E-state index >= 15 is 0 Å². The number of aromatic nitrogens is 1. The van der Waals surface area contributed by atoms with Crippen LogP contribution in [0.1, 0.15) is 43.4 Å². The van der Waals surface area contributed by atoms with Gasteiger partial charge in [0.2, 0.25) is 0 Å². The largest absolute Gasteiger partial charge is 0.507 e. The van der Waals surface area contributed by atoms with Crippen molar-refractivity contribution in [1.82, 2.24) is 9.88 Å². The van der Waals surface area contributed by atoms with Gasteiger partial charge in [0.15, 0.2) is 0 Å². The highest BCUT2D eigenvalue weighted by atomic mass is 35.5. The highest BCUT2D eigenvalue weighted by molar-refractivity contribution is 6.47. The van der Waals surface area contributed by atoms with Crippen molar-refractivity contribution in [2.45, 2.75) is 32.2 Å². The molecule has 0 saturated carbocycles. The Morgan fingerprint density at radius 1 is 1.21 bits per heavy atom. The Labute approximate surface area is 174 Å². The Kier molecular flexibility index (Phi) is 6.54. The summed E-state index contributed by atoms with van der Waals surface area (Å²) in [6, 6.07) is 7.56. The second-order valence-corrected chi connectivity index (χ2v) is 7.23. The van der Waals surface area contributed by atoms with Crippen molar-refractivity contribution in [3.05, 3.63) is 64.4 Å². The number of pyridine rings is 1. The fourth-order valence-electron chi connectivity index (χ4n) is 3.49. The lowest BCUT2D eigenvalue weighted by molar-refractivity contribution is -0.139. The maximum atomic E-state index is 12.9. The molecular weight excluding hydrogens is 392 g/mol. The van der Waals surface area contributed by atoms with Gasteiger partial charge in [0.25, 0.3) is 11.7 Å². The molecule has 7 heteroatoms. The first kappa shape index (κ1) is 20.9. The van der Waals surface area contributed by atoms with Crippen LogP contribution in [-0.2, 0) is 9.59 Å². The van der Waals surface area contributed by atoms with Crippen molar-refractivity contribution in [2.75, 3.05) is 13.7 Å². The van der Waals surface area contributed by atoms with Crippen LogP contribution in [0.4, 0.5) is 0 Å². The lowest BCUT2D eigenvalue weighted by Gasteiger charge is -2.25. The van der Waals surface area contributed by atoms with Gasteiger partial charge >= 0.3 is 0 Å². The average molecular weight is 415 g/mol. The fraction of sp³-hybridized carbons (Fsp3) is 0.318. The predicted octanol–water partition coefficient (Wildman–Crippen LogP) is 4.36. The van der Waals surface area contributed by atoms with Gasteiger partial charge in [0, 0.05) is 24.5 Å². The smallest absolute Gasteiger partial charge is 0.295 e. The Bertz CT molecular complexity index is 943.